The Hall–Kier alpha value is -1.65. The van der Waals surface area contributed by atoms with Gasteiger partial charge >= 0.3 is 5.97 Å². The highest BCUT2D eigenvalue weighted by Gasteiger charge is 2.22. The van der Waals surface area contributed by atoms with Crippen molar-refractivity contribution in [1.82, 2.24) is 9.97 Å². The molecule has 1 fully saturated rings. The zero-order chi connectivity index (χ0) is 13.0. The van der Waals surface area contributed by atoms with E-state index in [4.69, 9.17) is 0 Å². The van der Waals surface area contributed by atoms with Crippen molar-refractivity contribution in [2.45, 2.75) is 38.6 Å². The highest BCUT2D eigenvalue weighted by atomic mass is 16.5. The molecule has 1 atom stereocenters. The van der Waals surface area contributed by atoms with Gasteiger partial charge in [0.15, 0.2) is 5.69 Å². The first-order valence-corrected chi connectivity index (χ1v) is 6.43. The molecule has 0 saturated carbocycles. The van der Waals surface area contributed by atoms with E-state index in [9.17, 15) is 4.79 Å². The van der Waals surface area contributed by atoms with E-state index in [1.807, 2.05) is 0 Å². The SMILES string of the molecule is CCC1CCCCN1c1cnc(C(=O)OC)cn1. The van der Waals surface area contributed by atoms with Crippen LogP contribution in [0.5, 0.6) is 0 Å². The van der Waals surface area contributed by atoms with Crippen molar-refractivity contribution >= 4 is 11.8 Å². The molecular formula is C13H19N3O2. The Bertz CT molecular complexity index is 405. The quantitative estimate of drug-likeness (QED) is 0.767. The predicted octanol–water partition coefficient (Wildman–Crippen LogP) is 2.03. The van der Waals surface area contributed by atoms with Crippen molar-refractivity contribution in [2.75, 3.05) is 18.6 Å². The third-order valence-corrected chi connectivity index (χ3v) is 3.43. The van der Waals surface area contributed by atoms with E-state index in [1.54, 1.807) is 6.20 Å². The largest absolute Gasteiger partial charge is 0.464 e. The van der Waals surface area contributed by atoms with E-state index in [0.29, 0.717) is 6.04 Å². The number of hydrogen-bond donors (Lipinski definition) is 0. The van der Waals surface area contributed by atoms with Crippen molar-refractivity contribution in [3.05, 3.63) is 18.1 Å². The molecule has 0 N–H and O–H groups in total. The minimum atomic E-state index is -0.445. The number of carbonyl (C=O) groups excluding carboxylic acids is 1. The van der Waals surface area contributed by atoms with E-state index >= 15 is 0 Å². The van der Waals surface area contributed by atoms with Crippen molar-refractivity contribution in [3.63, 3.8) is 0 Å². The molecule has 18 heavy (non-hydrogen) atoms. The summed E-state index contributed by atoms with van der Waals surface area (Å²) in [5, 5.41) is 0. The molecule has 1 aliphatic heterocycles. The lowest BCUT2D eigenvalue weighted by atomic mass is 10.0. The number of nitrogens with zero attached hydrogens (tertiary/aromatic N) is 3. The molecule has 2 rings (SSSR count). The second-order valence-corrected chi connectivity index (χ2v) is 4.50. The Morgan fingerprint density at radius 2 is 2.28 bits per heavy atom. The summed E-state index contributed by atoms with van der Waals surface area (Å²) in [6.45, 7) is 3.21. The van der Waals surface area contributed by atoms with Crippen LogP contribution in [-0.2, 0) is 4.74 Å². The molecular weight excluding hydrogens is 230 g/mol. The Balaban J connectivity index is 2.15. The molecule has 1 aliphatic rings. The Labute approximate surface area is 107 Å². The number of hydrogen-bond acceptors (Lipinski definition) is 5. The lowest BCUT2D eigenvalue weighted by Gasteiger charge is -2.35. The molecule has 5 heteroatoms. The van der Waals surface area contributed by atoms with Crippen molar-refractivity contribution < 1.29 is 9.53 Å². The van der Waals surface area contributed by atoms with Gasteiger partial charge in [0.05, 0.1) is 19.5 Å². The minimum absolute atomic E-state index is 0.256. The molecule has 98 valence electrons. The fourth-order valence-electron chi connectivity index (χ4n) is 2.41. The van der Waals surface area contributed by atoms with Crippen LogP contribution in [-0.4, -0.2) is 35.6 Å². The van der Waals surface area contributed by atoms with E-state index < -0.39 is 5.97 Å². The third-order valence-electron chi connectivity index (χ3n) is 3.43. The fourth-order valence-corrected chi connectivity index (χ4v) is 2.41. The van der Waals surface area contributed by atoms with Gasteiger partial charge < -0.3 is 9.64 Å². The number of aromatic nitrogens is 2. The first-order chi connectivity index (χ1) is 8.76. The molecule has 0 aliphatic carbocycles. The van der Waals surface area contributed by atoms with Crippen molar-refractivity contribution in [2.24, 2.45) is 0 Å². The zero-order valence-electron chi connectivity index (χ0n) is 10.9. The predicted molar refractivity (Wildman–Crippen MR) is 68.6 cm³/mol. The molecule has 1 aromatic rings. The van der Waals surface area contributed by atoms with Crippen LogP contribution in [0, 0.1) is 0 Å². The molecule has 1 saturated heterocycles. The van der Waals surface area contributed by atoms with Crippen molar-refractivity contribution in [1.29, 1.82) is 0 Å². The van der Waals surface area contributed by atoms with E-state index in [0.717, 1.165) is 18.8 Å². The standard InChI is InChI=1S/C13H19N3O2/c1-3-10-6-4-5-7-16(10)12-9-14-11(8-15-12)13(17)18-2/h8-10H,3-7H2,1-2H3. The number of piperidine rings is 1. The summed E-state index contributed by atoms with van der Waals surface area (Å²) >= 11 is 0. The van der Waals surface area contributed by atoms with Gasteiger partial charge in [-0.2, -0.15) is 0 Å². The van der Waals surface area contributed by atoms with Gasteiger partial charge in [-0.05, 0) is 25.7 Å². The molecule has 2 heterocycles. The maximum absolute atomic E-state index is 11.3. The number of methoxy groups -OCH3 is 1. The highest BCUT2D eigenvalue weighted by molar-refractivity contribution is 5.86. The topological polar surface area (TPSA) is 55.3 Å². The Kier molecular flexibility index (Phi) is 4.12. The molecule has 0 bridgehead atoms. The molecule has 0 aromatic carbocycles. The zero-order valence-corrected chi connectivity index (χ0v) is 10.9. The number of ether oxygens (including phenoxy) is 1. The summed E-state index contributed by atoms with van der Waals surface area (Å²) in [5.41, 5.74) is 0.256. The fraction of sp³-hybridized carbons (Fsp3) is 0.615. The van der Waals surface area contributed by atoms with Gasteiger partial charge in [0.1, 0.15) is 5.82 Å². The molecule has 1 aromatic heterocycles. The number of anilines is 1. The van der Waals surface area contributed by atoms with Crippen LogP contribution in [0.1, 0.15) is 43.1 Å². The van der Waals surface area contributed by atoms with Crippen LogP contribution in [0.4, 0.5) is 5.82 Å². The van der Waals surface area contributed by atoms with Gasteiger partial charge in [-0.25, -0.2) is 14.8 Å². The first-order valence-electron chi connectivity index (χ1n) is 6.43. The Morgan fingerprint density at radius 3 is 2.89 bits per heavy atom. The van der Waals surface area contributed by atoms with Gasteiger partial charge in [0, 0.05) is 12.6 Å². The van der Waals surface area contributed by atoms with Crippen molar-refractivity contribution in [3.8, 4) is 0 Å². The van der Waals surface area contributed by atoms with Crippen LogP contribution < -0.4 is 4.90 Å². The molecule has 0 amide bonds. The van der Waals surface area contributed by atoms with Gasteiger partial charge in [-0.3, -0.25) is 0 Å². The smallest absolute Gasteiger partial charge is 0.358 e. The summed E-state index contributed by atoms with van der Waals surface area (Å²) < 4.78 is 4.61. The van der Waals surface area contributed by atoms with E-state index in [-0.39, 0.29) is 5.69 Å². The van der Waals surface area contributed by atoms with Gasteiger partial charge in [0.2, 0.25) is 0 Å². The van der Waals surface area contributed by atoms with Crippen LogP contribution in [0.2, 0.25) is 0 Å². The second-order valence-electron chi connectivity index (χ2n) is 4.50. The molecule has 0 radical (unpaired) electrons. The third kappa shape index (κ3) is 2.60. The highest BCUT2D eigenvalue weighted by Crippen LogP contribution is 2.24. The normalized spacial score (nSPS) is 19.7. The molecule has 1 unspecified atom stereocenters. The monoisotopic (exact) mass is 249 g/mol. The van der Waals surface area contributed by atoms with Gasteiger partial charge in [-0.1, -0.05) is 6.92 Å². The summed E-state index contributed by atoms with van der Waals surface area (Å²) in [6.07, 6.45) is 7.94. The number of carbonyl (C=O) groups is 1. The maximum atomic E-state index is 11.3. The molecule has 0 spiro atoms. The van der Waals surface area contributed by atoms with Crippen LogP contribution in [0.25, 0.3) is 0 Å². The number of esters is 1. The van der Waals surface area contributed by atoms with Gasteiger partial charge in [0.25, 0.3) is 0 Å². The van der Waals surface area contributed by atoms with Gasteiger partial charge in [-0.15, -0.1) is 0 Å². The van der Waals surface area contributed by atoms with E-state index in [1.165, 1.54) is 32.6 Å². The number of rotatable bonds is 3. The first kappa shape index (κ1) is 12.8. The van der Waals surface area contributed by atoms with Crippen LogP contribution >= 0.6 is 0 Å². The summed E-state index contributed by atoms with van der Waals surface area (Å²) in [4.78, 5) is 22.0. The van der Waals surface area contributed by atoms with Crippen LogP contribution in [0.15, 0.2) is 12.4 Å². The lowest BCUT2D eigenvalue weighted by Crippen LogP contribution is -2.39. The van der Waals surface area contributed by atoms with Crippen LogP contribution in [0.3, 0.4) is 0 Å². The minimum Gasteiger partial charge on any atom is -0.464 e. The summed E-state index contributed by atoms with van der Waals surface area (Å²) in [6, 6.07) is 0.539. The average molecular weight is 249 g/mol. The summed E-state index contributed by atoms with van der Waals surface area (Å²) in [5.74, 6) is 0.411. The maximum Gasteiger partial charge on any atom is 0.358 e. The Morgan fingerprint density at radius 1 is 1.44 bits per heavy atom. The average Bonchev–Trinajstić information content (AvgIpc) is 2.46. The molecule has 5 nitrogen and oxygen atoms in total. The van der Waals surface area contributed by atoms with E-state index in [2.05, 4.69) is 26.5 Å². The second kappa shape index (κ2) is 5.80. The summed E-state index contributed by atoms with van der Waals surface area (Å²) in [7, 11) is 1.34. The lowest BCUT2D eigenvalue weighted by molar-refractivity contribution is 0.0593.